The van der Waals surface area contributed by atoms with Crippen LogP contribution in [0.4, 0.5) is 5.69 Å². The molecule has 4 aromatic carbocycles. The number of carbonyl (C=O) groups excluding carboxylic acids is 1. The lowest BCUT2D eigenvalue weighted by Crippen LogP contribution is -2.38. The molecule has 0 aliphatic carbocycles. The van der Waals surface area contributed by atoms with E-state index in [1.165, 1.54) is 0 Å². The van der Waals surface area contributed by atoms with Gasteiger partial charge in [-0.1, -0.05) is 53.5 Å². The molecule has 7 heteroatoms. The average molecular weight is 559 g/mol. The highest BCUT2D eigenvalue weighted by molar-refractivity contribution is 6.32. The molecule has 0 saturated heterocycles. The van der Waals surface area contributed by atoms with Gasteiger partial charge in [0.2, 0.25) is 0 Å². The van der Waals surface area contributed by atoms with Gasteiger partial charge in [0.15, 0.2) is 0 Å². The van der Waals surface area contributed by atoms with Crippen molar-refractivity contribution in [1.82, 2.24) is 0 Å². The Morgan fingerprint density at radius 2 is 1.67 bits per heavy atom. The van der Waals surface area contributed by atoms with Crippen molar-refractivity contribution in [2.45, 2.75) is 25.9 Å². The van der Waals surface area contributed by atoms with Gasteiger partial charge in [-0.2, -0.15) is 0 Å². The van der Waals surface area contributed by atoms with Gasteiger partial charge in [0.25, 0.3) is 5.91 Å². The van der Waals surface area contributed by atoms with Gasteiger partial charge in [-0.05, 0) is 78.2 Å². The maximum Gasteiger partial charge on any atom is 0.252 e. The molecule has 0 N–H and O–H groups in total. The number of nitrogens with zero attached hydrogens (tertiary/aromatic N) is 2. The first-order valence-electron chi connectivity index (χ1n) is 12.6. The van der Waals surface area contributed by atoms with Crippen LogP contribution in [-0.4, -0.2) is 31.9 Å². The van der Waals surface area contributed by atoms with Crippen molar-refractivity contribution >= 4 is 40.5 Å². The predicted octanol–water partition coefficient (Wildman–Crippen LogP) is 7.31. The molecule has 0 aromatic heterocycles. The van der Waals surface area contributed by atoms with Crippen molar-refractivity contribution in [1.29, 1.82) is 0 Å². The van der Waals surface area contributed by atoms with Gasteiger partial charge in [-0.25, -0.2) is 0 Å². The third-order valence-electron chi connectivity index (χ3n) is 6.88. The van der Waals surface area contributed by atoms with Gasteiger partial charge in [0.1, 0.15) is 17.5 Å². The van der Waals surface area contributed by atoms with Crippen molar-refractivity contribution in [3.8, 4) is 11.5 Å². The van der Waals surface area contributed by atoms with E-state index in [-0.39, 0.29) is 5.91 Å². The monoisotopic (exact) mass is 558 g/mol. The first kappa shape index (κ1) is 26.8. The van der Waals surface area contributed by atoms with Crippen molar-refractivity contribution < 1.29 is 14.3 Å². The Kier molecular flexibility index (Phi) is 7.92. The largest absolute Gasteiger partial charge is 0.497 e. The number of hydrogen-bond acceptors (Lipinski definition) is 4. The zero-order chi connectivity index (χ0) is 27.5. The van der Waals surface area contributed by atoms with E-state index in [9.17, 15) is 4.79 Å². The number of carbonyl (C=O) groups is 1. The van der Waals surface area contributed by atoms with Gasteiger partial charge < -0.3 is 14.4 Å². The summed E-state index contributed by atoms with van der Waals surface area (Å²) in [5.41, 5.74) is 5.89. The van der Waals surface area contributed by atoms with Crippen LogP contribution < -0.4 is 14.4 Å². The fourth-order valence-electron chi connectivity index (χ4n) is 4.85. The van der Waals surface area contributed by atoms with Gasteiger partial charge in [0, 0.05) is 27.6 Å². The molecule has 1 heterocycles. The van der Waals surface area contributed by atoms with Gasteiger partial charge in [-0.3, -0.25) is 9.79 Å². The lowest BCUT2D eigenvalue weighted by Gasteiger charge is -2.26. The van der Waals surface area contributed by atoms with E-state index in [1.807, 2.05) is 85.8 Å². The highest BCUT2D eigenvalue weighted by atomic mass is 35.5. The molecule has 5 rings (SSSR count). The van der Waals surface area contributed by atoms with E-state index in [1.54, 1.807) is 25.2 Å². The molecular formula is C32H28Cl2N2O3. The summed E-state index contributed by atoms with van der Waals surface area (Å²) >= 11 is 13.0. The molecule has 1 atom stereocenters. The second kappa shape index (κ2) is 11.5. The number of benzodiazepines with no additional fused rings is 1. The lowest BCUT2D eigenvalue weighted by molar-refractivity contribution is -0.119. The molecule has 0 bridgehead atoms. The smallest absolute Gasteiger partial charge is 0.252 e. The van der Waals surface area contributed by atoms with Crippen molar-refractivity contribution in [3.05, 3.63) is 123 Å². The Bertz CT molecular complexity index is 1550. The summed E-state index contributed by atoms with van der Waals surface area (Å²) < 4.78 is 10.8. The van der Waals surface area contributed by atoms with Crippen LogP contribution in [0, 0.1) is 6.92 Å². The second-order valence-corrected chi connectivity index (χ2v) is 10.3. The van der Waals surface area contributed by atoms with E-state index < -0.39 is 6.04 Å². The molecule has 5 nitrogen and oxygen atoms in total. The number of ether oxygens (including phenoxy) is 2. The number of benzene rings is 4. The Morgan fingerprint density at radius 1 is 0.897 bits per heavy atom. The maximum atomic E-state index is 14.3. The minimum atomic E-state index is -0.702. The number of methoxy groups -OCH3 is 2. The molecule has 0 fully saturated rings. The first-order chi connectivity index (χ1) is 18.9. The molecule has 1 aliphatic rings. The fourth-order valence-corrected chi connectivity index (χ4v) is 5.24. The number of rotatable bonds is 7. The fraction of sp³-hybridized carbons (Fsp3) is 0.188. The van der Waals surface area contributed by atoms with Gasteiger partial charge in [-0.15, -0.1) is 0 Å². The average Bonchev–Trinajstić information content (AvgIpc) is 3.05. The number of anilines is 1. The summed E-state index contributed by atoms with van der Waals surface area (Å²) in [6.45, 7) is 2.35. The normalized spacial score (nSPS) is 14.9. The summed E-state index contributed by atoms with van der Waals surface area (Å²) in [6.07, 6.45) is 0.359. The van der Waals surface area contributed by atoms with E-state index in [0.29, 0.717) is 28.7 Å². The second-order valence-electron chi connectivity index (χ2n) is 9.41. The minimum Gasteiger partial charge on any atom is -0.497 e. The van der Waals surface area contributed by atoms with Crippen LogP contribution in [0.2, 0.25) is 10.0 Å². The zero-order valence-corrected chi connectivity index (χ0v) is 23.5. The number of halogens is 2. The van der Waals surface area contributed by atoms with Crippen LogP contribution in [0.1, 0.15) is 27.8 Å². The summed E-state index contributed by atoms with van der Waals surface area (Å²) in [5, 5.41) is 1.17. The molecule has 0 spiro atoms. The highest BCUT2D eigenvalue weighted by Crippen LogP contribution is 2.34. The molecular weight excluding hydrogens is 531 g/mol. The number of aryl methyl sites for hydroxylation is 1. The summed E-state index contributed by atoms with van der Waals surface area (Å²) in [7, 11) is 3.28. The van der Waals surface area contributed by atoms with E-state index >= 15 is 0 Å². The Labute approximate surface area is 238 Å². The summed E-state index contributed by atoms with van der Waals surface area (Å²) in [6, 6.07) is 26.1. The van der Waals surface area contributed by atoms with Gasteiger partial charge >= 0.3 is 0 Å². The van der Waals surface area contributed by atoms with Crippen LogP contribution in [0.25, 0.3) is 0 Å². The molecule has 4 aromatic rings. The van der Waals surface area contributed by atoms with Crippen molar-refractivity contribution in [2.75, 3.05) is 19.1 Å². The number of fused-ring (bicyclic) bond motifs is 1. The Balaban J connectivity index is 1.67. The Hall–Kier alpha value is -3.80. The zero-order valence-electron chi connectivity index (χ0n) is 21.9. The lowest BCUT2D eigenvalue weighted by atomic mass is 9.98. The third kappa shape index (κ3) is 5.65. The predicted molar refractivity (Wildman–Crippen MR) is 158 cm³/mol. The molecule has 0 radical (unpaired) electrons. The van der Waals surface area contributed by atoms with Crippen LogP contribution in [0.5, 0.6) is 11.5 Å². The van der Waals surface area contributed by atoms with Crippen molar-refractivity contribution in [3.63, 3.8) is 0 Å². The van der Waals surface area contributed by atoms with E-state index in [0.717, 1.165) is 45.0 Å². The third-order valence-corrected chi connectivity index (χ3v) is 7.48. The SMILES string of the molecule is COc1ccc(CN2C(=O)[C@@H](Cc3ccccc3Cl)N=C(c3ccc(OC)c(C)c3)c3cc(Cl)ccc32)cc1. The van der Waals surface area contributed by atoms with E-state index in [4.69, 9.17) is 37.7 Å². The number of amides is 1. The number of hydrogen-bond donors (Lipinski definition) is 0. The molecule has 0 unspecified atom stereocenters. The number of aliphatic imine (C=N–C) groups is 1. The summed E-state index contributed by atoms with van der Waals surface area (Å²) in [5.74, 6) is 1.42. The first-order valence-corrected chi connectivity index (χ1v) is 13.3. The highest BCUT2D eigenvalue weighted by Gasteiger charge is 2.33. The molecule has 198 valence electrons. The quantitative estimate of drug-likeness (QED) is 0.239. The van der Waals surface area contributed by atoms with Crippen LogP contribution >= 0.6 is 23.2 Å². The van der Waals surface area contributed by atoms with Crippen LogP contribution in [0.15, 0.2) is 89.9 Å². The Morgan fingerprint density at radius 3 is 2.36 bits per heavy atom. The topological polar surface area (TPSA) is 51.1 Å². The minimum absolute atomic E-state index is 0.116. The molecule has 0 saturated carbocycles. The standard InChI is InChI=1S/C32H28Cl2N2O3/c1-20-16-23(10-15-30(20)39-3)31-26-18-24(33)11-14-29(26)36(19-21-8-12-25(38-2)13-9-21)32(37)28(35-31)17-22-6-4-5-7-27(22)34/h4-16,18,28H,17,19H2,1-3H3/t28-/m1/s1. The maximum absolute atomic E-state index is 14.3. The van der Waals surface area contributed by atoms with Crippen LogP contribution in [0.3, 0.4) is 0 Å². The molecule has 1 aliphatic heterocycles. The summed E-state index contributed by atoms with van der Waals surface area (Å²) in [4.78, 5) is 21.2. The van der Waals surface area contributed by atoms with Crippen molar-refractivity contribution in [2.24, 2.45) is 4.99 Å². The van der Waals surface area contributed by atoms with Crippen LogP contribution in [-0.2, 0) is 17.8 Å². The molecule has 1 amide bonds. The molecule has 39 heavy (non-hydrogen) atoms. The van der Waals surface area contributed by atoms with E-state index in [2.05, 4.69) is 0 Å². The van der Waals surface area contributed by atoms with Gasteiger partial charge in [0.05, 0.1) is 32.2 Å².